The first kappa shape index (κ1) is 41.4. The first-order valence-electron chi connectivity index (χ1n) is 16.2. The van der Waals surface area contributed by atoms with Crippen LogP contribution in [0.3, 0.4) is 0 Å². The predicted octanol–water partition coefficient (Wildman–Crippen LogP) is 3.30. The number of rotatable bonds is 33. The lowest BCUT2D eigenvalue weighted by atomic mass is 10.0. The van der Waals surface area contributed by atoms with Crippen LogP contribution in [0.1, 0.15) is 96.8 Å². The summed E-state index contributed by atoms with van der Waals surface area (Å²) < 4.78 is 5.56. The van der Waals surface area contributed by atoms with Gasteiger partial charge in [0.2, 0.25) is 0 Å². The molecular formula is C31H57N3O10. The molecule has 0 saturated heterocycles. The van der Waals surface area contributed by atoms with E-state index in [0.717, 1.165) is 19.3 Å². The number of ether oxygens (including phenoxy) is 1. The molecule has 0 unspecified atom stereocenters. The summed E-state index contributed by atoms with van der Waals surface area (Å²) in [5.41, 5.74) is 0. The number of nitrogens with zero attached hydrogens (tertiary/aromatic N) is 3. The molecule has 0 aliphatic heterocycles. The second-order valence-electron chi connectivity index (χ2n) is 11.5. The number of ketones is 1. The Balaban J connectivity index is 4.46. The van der Waals surface area contributed by atoms with Crippen LogP contribution in [0.25, 0.3) is 0 Å². The quantitative estimate of drug-likeness (QED) is 0.0774. The third kappa shape index (κ3) is 28.2. The van der Waals surface area contributed by atoms with Crippen molar-refractivity contribution in [2.24, 2.45) is 0 Å². The molecule has 0 spiro atoms. The molecule has 0 aromatic carbocycles. The maximum absolute atomic E-state index is 12.6. The fourth-order valence-electron chi connectivity index (χ4n) is 4.91. The van der Waals surface area contributed by atoms with Gasteiger partial charge in [-0.2, -0.15) is 0 Å². The van der Waals surface area contributed by atoms with E-state index < -0.39 is 50.1 Å². The molecule has 13 nitrogen and oxygen atoms in total. The van der Waals surface area contributed by atoms with Gasteiger partial charge >= 0.3 is 23.9 Å². The Kier molecular flexibility index (Phi) is 26.2. The van der Waals surface area contributed by atoms with Gasteiger partial charge in [0.05, 0.1) is 32.7 Å². The van der Waals surface area contributed by atoms with Crippen LogP contribution in [0.2, 0.25) is 0 Å². The number of carboxylic acid groups (broad SMARTS) is 4. The van der Waals surface area contributed by atoms with Gasteiger partial charge in [-0.15, -0.1) is 0 Å². The van der Waals surface area contributed by atoms with Crippen molar-refractivity contribution in [2.45, 2.75) is 96.8 Å². The minimum Gasteiger partial charge on any atom is -0.480 e. The summed E-state index contributed by atoms with van der Waals surface area (Å²) in [6.07, 6.45) is 17.5. The number of carbonyl (C=O) groups excluding carboxylic acids is 1. The molecule has 0 aromatic rings. The van der Waals surface area contributed by atoms with Crippen LogP contribution in [0.15, 0.2) is 0 Å². The van der Waals surface area contributed by atoms with Crippen LogP contribution in [0.4, 0.5) is 0 Å². The van der Waals surface area contributed by atoms with Crippen molar-refractivity contribution in [1.82, 2.24) is 14.7 Å². The highest BCUT2D eigenvalue weighted by atomic mass is 16.5. The van der Waals surface area contributed by atoms with Crippen molar-refractivity contribution in [1.29, 1.82) is 0 Å². The van der Waals surface area contributed by atoms with Gasteiger partial charge in [0.1, 0.15) is 6.61 Å². The molecule has 0 saturated carbocycles. The maximum atomic E-state index is 12.6. The van der Waals surface area contributed by atoms with Crippen LogP contribution in [0, 0.1) is 0 Å². The van der Waals surface area contributed by atoms with E-state index in [1.54, 1.807) is 4.90 Å². The fraction of sp³-hybridized carbons (Fsp3) is 0.839. The molecule has 0 aliphatic rings. The van der Waals surface area contributed by atoms with Gasteiger partial charge in [0, 0.05) is 32.8 Å². The molecule has 0 amide bonds. The highest BCUT2D eigenvalue weighted by molar-refractivity contribution is 5.81. The van der Waals surface area contributed by atoms with E-state index in [1.807, 2.05) is 0 Å². The Morgan fingerprint density at radius 2 is 0.773 bits per heavy atom. The molecule has 0 heterocycles. The fourth-order valence-corrected chi connectivity index (χ4v) is 4.91. The molecule has 0 aromatic heterocycles. The van der Waals surface area contributed by atoms with Crippen LogP contribution >= 0.6 is 0 Å². The maximum Gasteiger partial charge on any atom is 0.317 e. The molecule has 13 heteroatoms. The summed E-state index contributed by atoms with van der Waals surface area (Å²) in [7, 11) is 0. The molecule has 0 atom stereocenters. The number of Topliss-reactive ketones (excluding diaryl/α,β-unsaturated/α-hetero) is 1. The topological polar surface area (TPSA) is 185 Å². The minimum atomic E-state index is -1.19. The van der Waals surface area contributed by atoms with E-state index in [0.29, 0.717) is 6.61 Å². The zero-order valence-electron chi connectivity index (χ0n) is 26.8. The van der Waals surface area contributed by atoms with Crippen molar-refractivity contribution < 1.29 is 49.1 Å². The Morgan fingerprint density at radius 3 is 1.11 bits per heavy atom. The number of hydrogen-bond donors (Lipinski definition) is 4. The number of hydrogen-bond acceptors (Lipinski definition) is 9. The predicted molar refractivity (Wildman–Crippen MR) is 166 cm³/mol. The average Bonchev–Trinajstić information content (AvgIpc) is 2.92. The Labute approximate surface area is 262 Å². The molecule has 44 heavy (non-hydrogen) atoms. The molecule has 0 bridgehead atoms. The lowest BCUT2D eigenvalue weighted by Crippen LogP contribution is -2.45. The Bertz CT molecular complexity index is 740. The molecule has 0 aliphatic carbocycles. The van der Waals surface area contributed by atoms with Gasteiger partial charge in [-0.1, -0.05) is 90.4 Å². The summed E-state index contributed by atoms with van der Waals surface area (Å²) >= 11 is 0. The van der Waals surface area contributed by atoms with E-state index in [9.17, 15) is 24.0 Å². The standard InChI is InChI=1S/C31H57N3O10/c1-2-3-4-5-6-7-8-9-10-11-12-13-14-15-20-44-26-27(35)21-32(16-18-33(22-28(36)37)23-29(38)39)17-19-34(24-30(40)41)25-31(42)43/h2-26H2,1H3,(H,36,37)(H,38,39)(H,40,41)(H,42,43). The molecule has 0 fully saturated rings. The monoisotopic (exact) mass is 631 g/mol. The highest BCUT2D eigenvalue weighted by Crippen LogP contribution is 2.13. The zero-order chi connectivity index (χ0) is 33.0. The average molecular weight is 632 g/mol. The first-order valence-corrected chi connectivity index (χ1v) is 16.2. The molecule has 0 rings (SSSR count). The molecule has 256 valence electrons. The van der Waals surface area contributed by atoms with Crippen molar-refractivity contribution in [2.75, 3.05) is 72.1 Å². The van der Waals surface area contributed by atoms with Crippen LogP contribution < -0.4 is 0 Å². The lowest BCUT2D eigenvalue weighted by molar-refractivity contribution is -0.143. The number of aliphatic carboxylic acids is 4. The summed E-state index contributed by atoms with van der Waals surface area (Å²) in [4.78, 5) is 61.2. The number of carbonyl (C=O) groups is 5. The smallest absolute Gasteiger partial charge is 0.317 e. The highest BCUT2D eigenvalue weighted by Gasteiger charge is 2.19. The lowest BCUT2D eigenvalue weighted by Gasteiger charge is -2.28. The summed E-state index contributed by atoms with van der Waals surface area (Å²) in [5.74, 6) is -5.01. The largest absolute Gasteiger partial charge is 0.480 e. The van der Waals surface area contributed by atoms with Gasteiger partial charge in [0.25, 0.3) is 0 Å². The van der Waals surface area contributed by atoms with Gasteiger partial charge in [-0.25, -0.2) is 0 Å². The second kappa shape index (κ2) is 27.9. The Hall–Kier alpha value is -2.61. The second-order valence-corrected chi connectivity index (χ2v) is 11.5. The van der Waals surface area contributed by atoms with Gasteiger partial charge < -0.3 is 25.2 Å². The van der Waals surface area contributed by atoms with E-state index in [2.05, 4.69) is 6.92 Å². The molecule has 0 radical (unpaired) electrons. The van der Waals surface area contributed by atoms with E-state index in [1.165, 1.54) is 80.4 Å². The summed E-state index contributed by atoms with van der Waals surface area (Å²) in [6.45, 7) is 0.813. The van der Waals surface area contributed by atoms with Crippen LogP contribution in [-0.2, 0) is 28.7 Å². The van der Waals surface area contributed by atoms with Crippen molar-refractivity contribution in [3.8, 4) is 0 Å². The Morgan fingerprint density at radius 1 is 0.455 bits per heavy atom. The SMILES string of the molecule is CCCCCCCCCCCCCCCCOCC(=O)CN(CCN(CC(=O)O)CC(=O)O)CCN(CC(=O)O)CC(=O)O. The van der Waals surface area contributed by atoms with Crippen molar-refractivity contribution in [3.05, 3.63) is 0 Å². The number of carboxylic acids is 4. The molecular weight excluding hydrogens is 574 g/mol. The first-order chi connectivity index (χ1) is 21.0. The van der Waals surface area contributed by atoms with Gasteiger partial charge in [-0.3, -0.25) is 38.7 Å². The third-order valence-electron chi connectivity index (χ3n) is 7.21. The van der Waals surface area contributed by atoms with Crippen LogP contribution in [-0.4, -0.2) is 137 Å². The van der Waals surface area contributed by atoms with Crippen molar-refractivity contribution in [3.63, 3.8) is 0 Å². The van der Waals surface area contributed by atoms with Gasteiger partial charge in [-0.05, 0) is 6.42 Å². The minimum absolute atomic E-state index is 0.0314. The van der Waals surface area contributed by atoms with Gasteiger partial charge in [0.15, 0.2) is 5.78 Å². The number of unbranched alkanes of at least 4 members (excludes halogenated alkanes) is 13. The summed E-state index contributed by atoms with van der Waals surface area (Å²) in [5, 5.41) is 36.3. The third-order valence-corrected chi connectivity index (χ3v) is 7.21. The molecule has 4 N–H and O–H groups in total. The van der Waals surface area contributed by atoms with E-state index in [4.69, 9.17) is 25.2 Å². The van der Waals surface area contributed by atoms with E-state index >= 15 is 0 Å². The van der Waals surface area contributed by atoms with Crippen molar-refractivity contribution >= 4 is 29.7 Å². The normalized spacial score (nSPS) is 11.5. The zero-order valence-corrected chi connectivity index (χ0v) is 26.8. The van der Waals surface area contributed by atoms with E-state index in [-0.39, 0.29) is 45.1 Å². The van der Waals surface area contributed by atoms with Crippen LogP contribution in [0.5, 0.6) is 0 Å². The summed E-state index contributed by atoms with van der Waals surface area (Å²) in [6, 6.07) is 0.